The van der Waals surface area contributed by atoms with Crippen LogP contribution in [0.3, 0.4) is 0 Å². The number of para-hydroxylation sites is 1. The van der Waals surface area contributed by atoms with E-state index in [1.807, 2.05) is 35.1 Å². The minimum atomic E-state index is 0.548. The molecular formula is C17H17N3. The van der Waals surface area contributed by atoms with Crippen LogP contribution in [0.5, 0.6) is 0 Å². The van der Waals surface area contributed by atoms with Gasteiger partial charge in [0, 0.05) is 12.1 Å². The van der Waals surface area contributed by atoms with Crippen molar-refractivity contribution in [3.8, 4) is 16.9 Å². The van der Waals surface area contributed by atoms with Crippen LogP contribution >= 0.6 is 0 Å². The number of nitrogens with zero attached hydrogens (tertiary/aromatic N) is 2. The highest BCUT2D eigenvalue weighted by molar-refractivity contribution is 5.66. The van der Waals surface area contributed by atoms with Gasteiger partial charge in [0.1, 0.15) is 0 Å². The highest BCUT2D eigenvalue weighted by atomic mass is 15.3. The maximum atomic E-state index is 5.75. The highest BCUT2D eigenvalue weighted by Gasteiger charge is 2.10. The molecule has 1 heterocycles. The number of hydrogen-bond acceptors (Lipinski definition) is 2. The summed E-state index contributed by atoms with van der Waals surface area (Å²) in [6.07, 6.45) is 1.83. The molecule has 0 saturated heterocycles. The van der Waals surface area contributed by atoms with Crippen molar-refractivity contribution >= 4 is 0 Å². The molecule has 0 unspecified atom stereocenters. The lowest BCUT2D eigenvalue weighted by molar-refractivity contribution is 0.886. The van der Waals surface area contributed by atoms with Crippen LogP contribution in [0.4, 0.5) is 0 Å². The van der Waals surface area contributed by atoms with E-state index in [-0.39, 0.29) is 0 Å². The zero-order valence-electron chi connectivity index (χ0n) is 11.5. The summed E-state index contributed by atoms with van der Waals surface area (Å²) < 4.78 is 1.96. The molecule has 0 radical (unpaired) electrons. The number of rotatable bonds is 3. The zero-order chi connectivity index (χ0) is 13.9. The molecule has 3 aromatic rings. The van der Waals surface area contributed by atoms with Crippen molar-refractivity contribution in [2.24, 2.45) is 5.73 Å². The van der Waals surface area contributed by atoms with E-state index in [9.17, 15) is 0 Å². The summed E-state index contributed by atoms with van der Waals surface area (Å²) in [5.74, 6) is 0. The Labute approximate surface area is 118 Å². The van der Waals surface area contributed by atoms with Gasteiger partial charge in [0.15, 0.2) is 0 Å². The maximum absolute atomic E-state index is 5.75. The van der Waals surface area contributed by atoms with Crippen LogP contribution in [0, 0.1) is 6.92 Å². The molecule has 0 aliphatic rings. The van der Waals surface area contributed by atoms with Gasteiger partial charge in [-0.25, -0.2) is 4.68 Å². The average molecular weight is 263 g/mol. The van der Waals surface area contributed by atoms with Crippen molar-refractivity contribution in [3.63, 3.8) is 0 Å². The lowest BCUT2D eigenvalue weighted by Gasteiger charge is -2.11. The maximum Gasteiger partial charge on any atom is 0.0743 e. The smallest absolute Gasteiger partial charge is 0.0743 e. The van der Waals surface area contributed by atoms with E-state index in [4.69, 9.17) is 5.73 Å². The highest BCUT2D eigenvalue weighted by Crippen LogP contribution is 2.26. The standard InChI is InChI=1S/C17H17N3/c1-13-7-8-14(12-18)11-16(13)17-9-10-19-20(17)15-5-3-2-4-6-15/h2-11H,12,18H2,1H3. The first-order valence-corrected chi connectivity index (χ1v) is 6.69. The SMILES string of the molecule is Cc1ccc(CN)cc1-c1ccnn1-c1ccccc1. The molecular weight excluding hydrogens is 246 g/mol. The van der Waals surface area contributed by atoms with Gasteiger partial charge in [-0.05, 0) is 42.3 Å². The zero-order valence-corrected chi connectivity index (χ0v) is 11.5. The van der Waals surface area contributed by atoms with Crippen LogP contribution in [0.15, 0.2) is 60.8 Å². The van der Waals surface area contributed by atoms with E-state index < -0.39 is 0 Å². The summed E-state index contributed by atoms with van der Waals surface area (Å²) in [5.41, 5.74) is 11.4. The first kappa shape index (κ1) is 12.6. The number of nitrogens with two attached hydrogens (primary N) is 1. The molecule has 0 saturated carbocycles. The minimum Gasteiger partial charge on any atom is -0.326 e. The van der Waals surface area contributed by atoms with Gasteiger partial charge in [-0.2, -0.15) is 5.10 Å². The largest absolute Gasteiger partial charge is 0.326 e. The van der Waals surface area contributed by atoms with Gasteiger partial charge in [0.05, 0.1) is 17.6 Å². The van der Waals surface area contributed by atoms with Gasteiger partial charge in [0.2, 0.25) is 0 Å². The Kier molecular flexibility index (Phi) is 3.35. The number of aryl methyl sites for hydroxylation is 1. The van der Waals surface area contributed by atoms with Crippen molar-refractivity contribution in [3.05, 3.63) is 71.9 Å². The third kappa shape index (κ3) is 2.24. The molecule has 20 heavy (non-hydrogen) atoms. The normalized spacial score (nSPS) is 10.7. The molecule has 0 bridgehead atoms. The summed E-state index contributed by atoms with van der Waals surface area (Å²) in [6.45, 7) is 2.66. The van der Waals surface area contributed by atoms with Gasteiger partial charge >= 0.3 is 0 Å². The molecule has 100 valence electrons. The van der Waals surface area contributed by atoms with Crippen LogP contribution in [-0.4, -0.2) is 9.78 Å². The molecule has 3 heteroatoms. The van der Waals surface area contributed by atoms with Gasteiger partial charge in [0.25, 0.3) is 0 Å². The lowest BCUT2D eigenvalue weighted by atomic mass is 10.0. The minimum absolute atomic E-state index is 0.548. The molecule has 3 rings (SSSR count). The molecule has 0 aliphatic carbocycles. The predicted molar refractivity (Wildman–Crippen MR) is 81.6 cm³/mol. The van der Waals surface area contributed by atoms with Gasteiger partial charge < -0.3 is 5.73 Å². The van der Waals surface area contributed by atoms with Gasteiger partial charge in [-0.15, -0.1) is 0 Å². The first-order valence-electron chi connectivity index (χ1n) is 6.69. The summed E-state index contributed by atoms with van der Waals surface area (Å²) in [4.78, 5) is 0. The quantitative estimate of drug-likeness (QED) is 0.788. The number of hydrogen-bond donors (Lipinski definition) is 1. The molecule has 3 nitrogen and oxygen atoms in total. The number of benzene rings is 2. The van der Waals surface area contributed by atoms with Crippen LogP contribution in [0.1, 0.15) is 11.1 Å². The Morgan fingerprint density at radius 3 is 2.60 bits per heavy atom. The molecule has 0 amide bonds. The van der Waals surface area contributed by atoms with Crippen LogP contribution in [-0.2, 0) is 6.54 Å². The van der Waals surface area contributed by atoms with Crippen molar-refractivity contribution in [1.82, 2.24) is 9.78 Å². The second kappa shape index (κ2) is 5.31. The monoisotopic (exact) mass is 263 g/mol. The Balaban J connectivity index is 2.15. The molecule has 0 fully saturated rings. The van der Waals surface area contributed by atoms with Crippen molar-refractivity contribution < 1.29 is 0 Å². The van der Waals surface area contributed by atoms with Crippen LogP contribution in [0.2, 0.25) is 0 Å². The molecule has 0 spiro atoms. The van der Waals surface area contributed by atoms with Crippen molar-refractivity contribution in [2.75, 3.05) is 0 Å². The Bertz CT molecular complexity index is 714. The third-order valence-corrected chi connectivity index (χ3v) is 3.46. The predicted octanol–water partition coefficient (Wildman–Crippen LogP) is 3.31. The Hall–Kier alpha value is -2.39. The molecule has 0 atom stereocenters. The van der Waals surface area contributed by atoms with E-state index in [0.717, 1.165) is 16.9 Å². The van der Waals surface area contributed by atoms with E-state index in [0.29, 0.717) is 6.54 Å². The van der Waals surface area contributed by atoms with Crippen molar-refractivity contribution in [2.45, 2.75) is 13.5 Å². The summed E-state index contributed by atoms with van der Waals surface area (Å²) >= 11 is 0. The molecule has 0 aliphatic heterocycles. The fraction of sp³-hybridized carbons (Fsp3) is 0.118. The average Bonchev–Trinajstić information content (AvgIpc) is 2.98. The second-order valence-corrected chi connectivity index (χ2v) is 4.82. The lowest BCUT2D eigenvalue weighted by Crippen LogP contribution is -2.01. The third-order valence-electron chi connectivity index (χ3n) is 3.46. The van der Waals surface area contributed by atoms with Gasteiger partial charge in [-0.1, -0.05) is 30.3 Å². The fourth-order valence-electron chi connectivity index (χ4n) is 2.35. The van der Waals surface area contributed by atoms with E-state index in [2.05, 4.69) is 42.4 Å². The molecule has 2 aromatic carbocycles. The van der Waals surface area contributed by atoms with E-state index in [1.165, 1.54) is 11.1 Å². The van der Waals surface area contributed by atoms with E-state index in [1.54, 1.807) is 0 Å². The van der Waals surface area contributed by atoms with Crippen molar-refractivity contribution in [1.29, 1.82) is 0 Å². The Morgan fingerprint density at radius 2 is 1.85 bits per heavy atom. The summed E-state index contributed by atoms with van der Waals surface area (Å²) in [6, 6.07) is 18.5. The second-order valence-electron chi connectivity index (χ2n) is 4.82. The van der Waals surface area contributed by atoms with Crippen LogP contribution in [0.25, 0.3) is 16.9 Å². The summed E-state index contributed by atoms with van der Waals surface area (Å²) in [5, 5.41) is 4.44. The molecule has 2 N–H and O–H groups in total. The first-order chi connectivity index (χ1) is 9.79. The topological polar surface area (TPSA) is 43.8 Å². The van der Waals surface area contributed by atoms with Crippen LogP contribution < -0.4 is 5.73 Å². The number of aromatic nitrogens is 2. The fourth-order valence-corrected chi connectivity index (χ4v) is 2.35. The van der Waals surface area contributed by atoms with Gasteiger partial charge in [-0.3, -0.25) is 0 Å². The Morgan fingerprint density at radius 1 is 1.05 bits per heavy atom. The molecule has 1 aromatic heterocycles. The summed E-state index contributed by atoms with van der Waals surface area (Å²) in [7, 11) is 0. The van der Waals surface area contributed by atoms with E-state index >= 15 is 0 Å².